The molecule has 0 aliphatic carbocycles. The molecule has 0 saturated carbocycles. The number of alkyl halides is 3. The molecule has 2 rings (SSSR count). The molecule has 0 fully saturated rings. The normalized spacial score (nSPS) is 11.9. The first-order valence-electron chi connectivity index (χ1n) is 7.87. The summed E-state index contributed by atoms with van der Waals surface area (Å²) in [5, 5.41) is 9.21. The van der Waals surface area contributed by atoms with Crippen molar-refractivity contribution < 1.29 is 26.0 Å². The van der Waals surface area contributed by atoms with Crippen LogP contribution in [0.1, 0.15) is 18.2 Å². The van der Waals surface area contributed by atoms with Gasteiger partial charge in [-0.1, -0.05) is 0 Å². The van der Waals surface area contributed by atoms with Crippen molar-refractivity contribution in [3.63, 3.8) is 0 Å². The van der Waals surface area contributed by atoms with Gasteiger partial charge >= 0.3 is 6.18 Å². The quantitative estimate of drug-likeness (QED) is 0.528. The van der Waals surface area contributed by atoms with E-state index in [1.165, 1.54) is 6.92 Å². The van der Waals surface area contributed by atoms with E-state index in [9.17, 15) is 36.0 Å². The number of halogens is 4. The molecule has 1 aromatic carbocycles. The second-order valence-electron chi connectivity index (χ2n) is 5.84. The van der Waals surface area contributed by atoms with Crippen LogP contribution in [0.15, 0.2) is 23.0 Å². The van der Waals surface area contributed by atoms with E-state index in [1.54, 1.807) is 6.07 Å². The number of aromatic nitrogens is 2. The zero-order chi connectivity index (χ0) is 22.3. The van der Waals surface area contributed by atoms with Crippen LogP contribution in [0.2, 0.25) is 0 Å². The summed E-state index contributed by atoms with van der Waals surface area (Å²) in [6, 6.07) is 3.46. The van der Waals surface area contributed by atoms with Crippen LogP contribution in [0, 0.1) is 21.9 Å². The van der Waals surface area contributed by atoms with Crippen molar-refractivity contribution in [3.8, 4) is 11.8 Å². The Morgan fingerprint density at radius 3 is 2.34 bits per heavy atom. The maximum absolute atomic E-state index is 14.6. The molecule has 1 aromatic heterocycles. The van der Waals surface area contributed by atoms with Crippen LogP contribution >= 0.6 is 12.2 Å². The van der Waals surface area contributed by atoms with E-state index < -0.39 is 43.7 Å². The average molecular weight is 450 g/mol. The maximum atomic E-state index is 14.6. The molecule has 0 N–H and O–H groups in total. The van der Waals surface area contributed by atoms with Gasteiger partial charge in [0.2, 0.25) is 10.0 Å². The number of rotatable bonds is 4. The summed E-state index contributed by atoms with van der Waals surface area (Å²) in [4.78, 5) is 12.3. The molecular formula is C16H14F4N4O3S2. The lowest BCUT2D eigenvalue weighted by Gasteiger charge is -2.21. The number of nitrogens with zero attached hydrogens (tertiary/aromatic N) is 4. The van der Waals surface area contributed by atoms with Gasteiger partial charge in [-0.05, 0) is 31.3 Å². The van der Waals surface area contributed by atoms with E-state index in [1.807, 2.05) is 0 Å². The highest BCUT2D eigenvalue weighted by Crippen LogP contribution is 2.30. The first-order chi connectivity index (χ1) is 13.3. The van der Waals surface area contributed by atoms with Crippen LogP contribution in [0.4, 0.5) is 23.2 Å². The fraction of sp³-hybridized carbons (Fsp3) is 0.312. The molecule has 0 amide bonds. The van der Waals surface area contributed by atoms with Gasteiger partial charge in [0.05, 0.1) is 22.7 Å². The number of nitriles is 1. The van der Waals surface area contributed by atoms with Crippen LogP contribution in [0.5, 0.6) is 0 Å². The van der Waals surface area contributed by atoms with Crippen LogP contribution in [-0.2, 0) is 23.2 Å². The van der Waals surface area contributed by atoms with Crippen molar-refractivity contribution in [2.45, 2.75) is 13.1 Å². The molecule has 1 heterocycles. The Morgan fingerprint density at radius 1 is 1.28 bits per heavy atom. The molecule has 156 valence electrons. The van der Waals surface area contributed by atoms with E-state index in [4.69, 9.17) is 12.2 Å². The standard InChI is InChI=1S/C16H14F4N4O3S2/c1-4-29(26,27)23(3)11-6-12(10(17)5-9(11)8-21)24-14(25)7-13(16(18,19)20)22(2)15(24)28/h5-7H,4H2,1-3H3. The van der Waals surface area contributed by atoms with E-state index in [0.29, 0.717) is 15.2 Å². The zero-order valence-corrected chi connectivity index (χ0v) is 16.9. The van der Waals surface area contributed by atoms with Crippen molar-refractivity contribution in [1.29, 1.82) is 5.26 Å². The largest absolute Gasteiger partial charge is 0.431 e. The third-order valence-corrected chi connectivity index (χ3v) is 6.38. The first-order valence-corrected chi connectivity index (χ1v) is 9.89. The van der Waals surface area contributed by atoms with Crippen molar-refractivity contribution in [2.24, 2.45) is 7.05 Å². The van der Waals surface area contributed by atoms with E-state index in [0.717, 1.165) is 24.5 Å². The van der Waals surface area contributed by atoms with Gasteiger partial charge in [0.1, 0.15) is 17.6 Å². The highest BCUT2D eigenvalue weighted by Gasteiger charge is 2.34. The number of hydrogen-bond donors (Lipinski definition) is 0. The van der Waals surface area contributed by atoms with Gasteiger partial charge in [-0.3, -0.25) is 13.7 Å². The zero-order valence-electron chi connectivity index (χ0n) is 15.3. The molecule has 0 saturated heterocycles. The molecule has 2 aromatic rings. The minimum Gasteiger partial charge on any atom is -0.317 e. The van der Waals surface area contributed by atoms with E-state index in [-0.39, 0.29) is 23.1 Å². The second-order valence-corrected chi connectivity index (χ2v) is 8.50. The van der Waals surface area contributed by atoms with Crippen molar-refractivity contribution in [3.05, 3.63) is 50.4 Å². The van der Waals surface area contributed by atoms with Crippen molar-refractivity contribution >= 4 is 27.9 Å². The van der Waals surface area contributed by atoms with Crippen molar-refractivity contribution in [1.82, 2.24) is 9.13 Å². The van der Waals surface area contributed by atoms with E-state index in [2.05, 4.69) is 0 Å². The molecule has 0 radical (unpaired) electrons. The first kappa shape index (κ1) is 22.6. The van der Waals surface area contributed by atoms with Gasteiger partial charge < -0.3 is 4.57 Å². The Hall–Kier alpha value is -2.72. The summed E-state index contributed by atoms with van der Waals surface area (Å²) < 4.78 is 79.1. The molecule has 0 spiro atoms. The summed E-state index contributed by atoms with van der Waals surface area (Å²) in [7, 11) is -1.78. The lowest BCUT2D eigenvalue weighted by Crippen LogP contribution is -2.30. The molecular weight excluding hydrogens is 436 g/mol. The summed E-state index contributed by atoms with van der Waals surface area (Å²) in [5.41, 5.74) is -3.79. The topological polar surface area (TPSA) is 88.1 Å². The summed E-state index contributed by atoms with van der Waals surface area (Å²) in [6.45, 7) is 1.35. The molecule has 13 heteroatoms. The minimum atomic E-state index is -4.87. The third-order valence-electron chi connectivity index (χ3n) is 4.16. The molecule has 0 unspecified atom stereocenters. The fourth-order valence-corrected chi connectivity index (χ4v) is 3.66. The molecule has 29 heavy (non-hydrogen) atoms. The Labute approximate surface area is 168 Å². The Kier molecular flexibility index (Phi) is 5.91. The predicted octanol–water partition coefficient (Wildman–Crippen LogP) is 2.72. The smallest absolute Gasteiger partial charge is 0.317 e. The predicted molar refractivity (Wildman–Crippen MR) is 99.4 cm³/mol. The summed E-state index contributed by atoms with van der Waals surface area (Å²) >= 11 is 4.91. The van der Waals surface area contributed by atoms with Gasteiger partial charge in [-0.2, -0.15) is 18.4 Å². The fourth-order valence-electron chi connectivity index (χ4n) is 2.54. The van der Waals surface area contributed by atoms with Gasteiger partial charge in [-0.25, -0.2) is 12.8 Å². The highest BCUT2D eigenvalue weighted by atomic mass is 32.2. The second kappa shape index (κ2) is 7.60. The average Bonchev–Trinajstić information content (AvgIpc) is 2.64. The molecule has 0 atom stereocenters. The van der Waals surface area contributed by atoms with Crippen LogP contribution in [-0.4, -0.2) is 30.4 Å². The monoisotopic (exact) mass is 450 g/mol. The number of anilines is 1. The molecule has 0 bridgehead atoms. The van der Waals surface area contributed by atoms with Crippen molar-refractivity contribution in [2.75, 3.05) is 17.1 Å². The van der Waals surface area contributed by atoms with Crippen LogP contribution in [0.25, 0.3) is 5.69 Å². The minimum absolute atomic E-state index is 0.250. The van der Waals surface area contributed by atoms with Crippen LogP contribution in [0.3, 0.4) is 0 Å². The lowest BCUT2D eigenvalue weighted by molar-refractivity contribution is -0.143. The molecule has 0 aliphatic rings. The number of benzene rings is 1. The SMILES string of the molecule is CCS(=O)(=O)N(C)c1cc(-n2c(=O)cc(C(F)(F)F)n(C)c2=S)c(F)cc1C#N. The van der Waals surface area contributed by atoms with Gasteiger partial charge in [0.15, 0.2) is 4.77 Å². The Morgan fingerprint density at radius 2 is 1.86 bits per heavy atom. The Balaban J connectivity index is 2.90. The Bertz CT molecular complexity index is 1240. The van der Waals surface area contributed by atoms with Crippen LogP contribution < -0.4 is 9.86 Å². The molecule has 0 aliphatic heterocycles. The number of sulfonamides is 1. The lowest BCUT2D eigenvalue weighted by atomic mass is 10.1. The van der Waals surface area contributed by atoms with Gasteiger partial charge in [0.25, 0.3) is 5.56 Å². The van der Waals surface area contributed by atoms with Gasteiger partial charge in [0, 0.05) is 20.2 Å². The summed E-state index contributed by atoms with van der Waals surface area (Å²) in [5.74, 6) is -1.47. The maximum Gasteiger partial charge on any atom is 0.431 e. The van der Waals surface area contributed by atoms with E-state index >= 15 is 0 Å². The summed E-state index contributed by atoms with van der Waals surface area (Å²) in [6.07, 6.45) is -4.87. The molecule has 7 nitrogen and oxygen atoms in total. The highest BCUT2D eigenvalue weighted by molar-refractivity contribution is 7.92. The number of hydrogen-bond acceptors (Lipinski definition) is 5. The third kappa shape index (κ3) is 4.03. The van der Waals surface area contributed by atoms with Gasteiger partial charge in [-0.15, -0.1) is 0 Å².